The highest BCUT2D eigenvalue weighted by Gasteiger charge is 2.08. The Bertz CT molecular complexity index is 850. The van der Waals surface area contributed by atoms with Gasteiger partial charge in [-0.15, -0.1) is 0 Å². The summed E-state index contributed by atoms with van der Waals surface area (Å²) >= 11 is 0. The van der Waals surface area contributed by atoms with Gasteiger partial charge in [0, 0.05) is 11.1 Å². The third-order valence-electron chi connectivity index (χ3n) is 3.92. The molecule has 0 aromatic heterocycles. The smallest absolute Gasteiger partial charge is 0.259 e. The maximum Gasteiger partial charge on any atom is 0.259 e. The number of hydrogen-bond donors (Lipinski definition) is 3. The molecule has 8 nitrogen and oxygen atoms in total. The molecule has 0 aliphatic heterocycles. The van der Waals surface area contributed by atoms with Crippen LogP contribution in [0.2, 0.25) is 0 Å². The van der Waals surface area contributed by atoms with E-state index in [2.05, 4.69) is 22.8 Å². The zero-order valence-electron chi connectivity index (χ0n) is 16.5. The Hall–Kier alpha value is -3.55. The number of amides is 2. The Morgan fingerprint density at radius 2 is 1.86 bits per heavy atom. The molecule has 0 aliphatic carbocycles. The summed E-state index contributed by atoms with van der Waals surface area (Å²) < 4.78 is 10.6. The van der Waals surface area contributed by atoms with Gasteiger partial charge >= 0.3 is 0 Å². The number of hydrogen-bond acceptors (Lipinski definition) is 6. The molecule has 0 saturated heterocycles. The van der Waals surface area contributed by atoms with Crippen LogP contribution in [0.25, 0.3) is 0 Å². The van der Waals surface area contributed by atoms with Crippen molar-refractivity contribution in [2.45, 2.75) is 19.8 Å². The Balaban J connectivity index is 1.79. The number of nitrogens with one attached hydrogen (secondary N) is 2. The van der Waals surface area contributed by atoms with E-state index in [0.29, 0.717) is 29.2 Å². The van der Waals surface area contributed by atoms with Crippen LogP contribution < -0.4 is 20.2 Å². The van der Waals surface area contributed by atoms with E-state index < -0.39 is 5.91 Å². The van der Waals surface area contributed by atoms with E-state index in [9.17, 15) is 14.7 Å². The standard InChI is InChI=1S/C21H25N3O5/c1-3-4-11-29-17-7-5-15(6-8-17)21(27)22-14-20(26)24-23-13-16-12-18(28-2)9-10-19(16)25/h5-10,12-13,25H,3-4,11,14H2,1-2H3,(H,22,27)(H,24,26). The lowest BCUT2D eigenvalue weighted by Crippen LogP contribution is -2.34. The van der Waals surface area contributed by atoms with Gasteiger partial charge in [0.2, 0.25) is 0 Å². The van der Waals surface area contributed by atoms with Gasteiger partial charge < -0.3 is 19.9 Å². The lowest BCUT2D eigenvalue weighted by Gasteiger charge is -2.07. The summed E-state index contributed by atoms with van der Waals surface area (Å²) in [6.07, 6.45) is 3.30. The van der Waals surface area contributed by atoms with Crippen LogP contribution in [0.15, 0.2) is 47.6 Å². The maximum atomic E-state index is 12.1. The largest absolute Gasteiger partial charge is 0.507 e. The zero-order chi connectivity index (χ0) is 21.1. The van der Waals surface area contributed by atoms with Crippen molar-refractivity contribution in [1.82, 2.24) is 10.7 Å². The first-order valence-corrected chi connectivity index (χ1v) is 9.23. The van der Waals surface area contributed by atoms with Gasteiger partial charge in [0.05, 0.1) is 26.5 Å². The van der Waals surface area contributed by atoms with Gasteiger partial charge in [0.1, 0.15) is 17.2 Å². The minimum absolute atomic E-state index is 0.000720. The van der Waals surface area contributed by atoms with Crippen LogP contribution in [0, 0.1) is 0 Å². The number of nitrogens with zero attached hydrogens (tertiary/aromatic N) is 1. The summed E-state index contributed by atoms with van der Waals surface area (Å²) in [7, 11) is 1.50. The topological polar surface area (TPSA) is 109 Å². The van der Waals surface area contributed by atoms with Crippen LogP contribution in [0.3, 0.4) is 0 Å². The highest BCUT2D eigenvalue weighted by atomic mass is 16.5. The molecule has 2 aromatic rings. The van der Waals surface area contributed by atoms with Crippen molar-refractivity contribution in [2.24, 2.45) is 5.10 Å². The van der Waals surface area contributed by atoms with Crippen molar-refractivity contribution < 1.29 is 24.2 Å². The fraction of sp³-hybridized carbons (Fsp3) is 0.286. The Morgan fingerprint density at radius 3 is 2.55 bits per heavy atom. The number of rotatable bonds is 10. The first-order valence-electron chi connectivity index (χ1n) is 9.23. The van der Waals surface area contributed by atoms with Crippen LogP contribution in [0.4, 0.5) is 0 Å². The molecular formula is C21H25N3O5. The van der Waals surface area contributed by atoms with E-state index in [1.807, 2.05) is 0 Å². The lowest BCUT2D eigenvalue weighted by atomic mass is 10.2. The van der Waals surface area contributed by atoms with Crippen LogP contribution in [-0.4, -0.2) is 43.4 Å². The van der Waals surface area contributed by atoms with Gasteiger partial charge in [-0.2, -0.15) is 5.10 Å². The molecule has 3 N–H and O–H groups in total. The molecule has 0 heterocycles. The van der Waals surface area contributed by atoms with Gasteiger partial charge in [0.25, 0.3) is 11.8 Å². The molecular weight excluding hydrogens is 374 g/mol. The summed E-state index contributed by atoms with van der Waals surface area (Å²) in [6.45, 7) is 2.48. The summed E-state index contributed by atoms with van der Waals surface area (Å²) in [6, 6.07) is 11.3. The zero-order valence-corrected chi connectivity index (χ0v) is 16.5. The Morgan fingerprint density at radius 1 is 1.14 bits per heavy atom. The lowest BCUT2D eigenvalue weighted by molar-refractivity contribution is -0.120. The first kappa shape index (κ1) is 21.7. The van der Waals surface area contributed by atoms with E-state index >= 15 is 0 Å². The second-order valence-electron chi connectivity index (χ2n) is 6.13. The average Bonchev–Trinajstić information content (AvgIpc) is 2.74. The third-order valence-corrected chi connectivity index (χ3v) is 3.92. The monoisotopic (exact) mass is 399 g/mol. The predicted molar refractivity (Wildman–Crippen MR) is 110 cm³/mol. The SMILES string of the molecule is CCCCOc1ccc(C(=O)NCC(=O)NN=Cc2cc(OC)ccc2O)cc1. The number of unbranched alkanes of at least 4 members (excludes halogenated alkanes) is 1. The molecule has 0 radical (unpaired) electrons. The Kier molecular flexibility index (Phi) is 8.50. The van der Waals surface area contributed by atoms with E-state index in [4.69, 9.17) is 9.47 Å². The summed E-state index contributed by atoms with van der Waals surface area (Å²) in [5, 5.41) is 16.0. The molecule has 154 valence electrons. The van der Waals surface area contributed by atoms with Crippen LogP contribution >= 0.6 is 0 Å². The number of aromatic hydroxyl groups is 1. The third kappa shape index (κ3) is 7.17. The second kappa shape index (κ2) is 11.3. The van der Waals surface area contributed by atoms with Gasteiger partial charge in [0.15, 0.2) is 0 Å². The highest BCUT2D eigenvalue weighted by Crippen LogP contribution is 2.20. The van der Waals surface area contributed by atoms with E-state index in [1.54, 1.807) is 36.4 Å². The van der Waals surface area contributed by atoms with Crippen molar-refractivity contribution in [3.8, 4) is 17.2 Å². The Labute approximate surface area is 169 Å². The molecule has 0 aliphatic rings. The van der Waals surface area contributed by atoms with Crippen LogP contribution in [0.1, 0.15) is 35.7 Å². The normalized spacial score (nSPS) is 10.6. The molecule has 0 saturated carbocycles. The first-order chi connectivity index (χ1) is 14.0. The molecule has 29 heavy (non-hydrogen) atoms. The second-order valence-corrected chi connectivity index (χ2v) is 6.13. The van der Waals surface area contributed by atoms with Crippen molar-refractivity contribution in [3.63, 3.8) is 0 Å². The molecule has 8 heteroatoms. The molecule has 0 bridgehead atoms. The molecule has 2 amide bonds. The number of methoxy groups -OCH3 is 1. The highest BCUT2D eigenvalue weighted by molar-refractivity contribution is 5.96. The van der Waals surface area contributed by atoms with Gasteiger partial charge in [-0.05, 0) is 48.9 Å². The van der Waals surface area contributed by atoms with E-state index in [-0.39, 0.29) is 18.2 Å². The number of benzene rings is 2. The van der Waals surface area contributed by atoms with Gasteiger partial charge in [-0.1, -0.05) is 13.3 Å². The van der Waals surface area contributed by atoms with Crippen molar-refractivity contribution in [3.05, 3.63) is 53.6 Å². The van der Waals surface area contributed by atoms with Crippen LogP contribution in [-0.2, 0) is 4.79 Å². The van der Waals surface area contributed by atoms with Crippen LogP contribution in [0.5, 0.6) is 17.2 Å². The molecule has 0 atom stereocenters. The van der Waals surface area contributed by atoms with E-state index in [1.165, 1.54) is 19.4 Å². The minimum Gasteiger partial charge on any atom is -0.507 e. The summed E-state index contributed by atoms with van der Waals surface area (Å²) in [5.41, 5.74) is 3.09. The molecule has 0 fully saturated rings. The van der Waals surface area contributed by atoms with Gasteiger partial charge in [-0.3, -0.25) is 9.59 Å². The van der Waals surface area contributed by atoms with Crippen molar-refractivity contribution in [2.75, 3.05) is 20.3 Å². The van der Waals surface area contributed by atoms with Gasteiger partial charge in [-0.25, -0.2) is 5.43 Å². The van der Waals surface area contributed by atoms with Crippen molar-refractivity contribution in [1.29, 1.82) is 0 Å². The fourth-order valence-electron chi connectivity index (χ4n) is 2.28. The number of phenols is 1. The molecule has 0 spiro atoms. The fourth-order valence-corrected chi connectivity index (χ4v) is 2.28. The molecule has 0 unspecified atom stereocenters. The number of carbonyl (C=O) groups is 2. The maximum absolute atomic E-state index is 12.1. The van der Waals surface area contributed by atoms with Crippen molar-refractivity contribution >= 4 is 18.0 Å². The summed E-state index contributed by atoms with van der Waals surface area (Å²) in [5.74, 6) is 0.359. The number of hydrazone groups is 1. The predicted octanol–water partition coefficient (Wildman–Crippen LogP) is 2.46. The molecule has 2 rings (SSSR count). The minimum atomic E-state index is -0.503. The summed E-state index contributed by atoms with van der Waals surface area (Å²) in [4.78, 5) is 23.9. The van der Waals surface area contributed by atoms with E-state index in [0.717, 1.165) is 12.8 Å². The quantitative estimate of drug-likeness (QED) is 0.323. The number of phenolic OH excluding ortho intramolecular Hbond substituents is 1. The number of ether oxygens (including phenoxy) is 2. The number of carbonyl (C=O) groups excluding carboxylic acids is 2. The average molecular weight is 399 g/mol. The molecule has 2 aromatic carbocycles.